The Kier molecular flexibility index (Phi) is 2.72. The number of methoxy groups -OCH3 is 1. The molecular formula is C12H9N3O3S. The largest absolute Gasteiger partial charge is 0.481 e. The minimum absolute atomic E-state index is 0.411. The lowest BCUT2D eigenvalue weighted by atomic mass is 10.1. The average Bonchev–Trinajstić information content (AvgIpc) is 2.98. The van der Waals surface area contributed by atoms with Crippen molar-refractivity contribution in [1.29, 1.82) is 5.26 Å². The van der Waals surface area contributed by atoms with E-state index in [4.69, 9.17) is 14.7 Å². The molecule has 7 heteroatoms. The summed E-state index contributed by atoms with van der Waals surface area (Å²) >= 11 is 1.22. The molecule has 3 heterocycles. The van der Waals surface area contributed by atoms with Gasteiger partial charge in [-0.15, -0.1) is 0 Å². The molecule has 0 atom stereocenters. The number of ether oxygens (including phenoxy) is 2. The molecule has 0 unspecified atom stereocenters. The van der Waals surface area contributed by atoms with Crippen LogP contribution in [0.4, 0.5) is 0 Å². The quantitative estimate of drug-likeness (QED) is 0.740. The Bertz CT molecular complexity index is 696. The zero-order valence-corrected chi connectivity index (χ0v) is 10.9. The molecule has 0 fully saturated rings. The van der Waals surface area contributed by atoms with Gasteiger partial charge in [-0.3, -0.25) is 4.68 Å². The van der Waals surface area contributed by atoms with Gasteiger partial charge >= 0.3 is 5.97 Å². The number of carbonyl (C=O) groups excluding carboxylic acids is 1. The van der Waals surface area contributed by atoms with Crippen LogP contribution in [0.2, 0.25) is 0 Å². The van der Waals surface area contributed by atoms with Crippen molar-refractivity contribution >= 4 is 17.3 Å². The van der Waals surface area contributed by atoms with Crippen molar-refractivity contribution in [3.63, 3.8) is 0 Å². The topological polar surface area (TPSA) is 77.1 Å². The highest BCUT2D eigenvalue weighted by Crippen LogP contribution is 2.41. The predicted molar refractivity (Wildman–Crippen MR) is 67.1 cm³/mol. The van der Waals surface area contributed by atoms with E-state index in [2.05, 4.69) is 11.2 Å². The molecule has 0 N–H and O–H groups in total. The molecule has 0 bridgehead atoms. The van der Waals surface area contributed by atoms with Crippen LogP contribution >= 0.6 is 11.3 Å². The van der Waals surface area contributed by atoms with Gasteiger partial charge in [0.2, 0.25) is 0 Å². The van der Waals surface area contributed by atoms with Crippen LogP contribution in [0.5, 0.6) is 5.06 Å². The van der Waals surface area contributed by atoms with E-state index in [0.29, 0.717) is 34.3 Å². The number of esters is 1. The highest BCUT2D eigenvalue weighted by molar-refractivity contribution is 7.16. The molecule has 2 aromatic rings. The van der Waals surface area contributed by atoms with Gasteiger partial charge in [0.1, 0.15) is 17.6 Å². The second-order valence-corrected chi connectivity index (χ2v) is 4.91. The van der Waals surface area contributed by atoms with Gasteiger partial charge in [0.25, 0.3) is 0 Å². The zero-order chi connectivity index (χ0) is 13.4. The number of nitriles is 1. The number of hydrogen-bond acceptors (Lipinski definition) is 6. The van der Waals surface area contributed by atoms with Crippen molar-refractivity contribution < 1.29 is 14.3 Å². The molecule has 1 aliphatic rings. The lowest BCUT2D eigenvalue weighted by molar-refractivity contribution is 0.0606. The molecular weight excluding hydrogens is 266 g/mol. The molecule has 96 valence electrons. The van der Waals surface area contributed by atoms with Crippen LogP contribution < -0.4 is 4.74 Å². The maximum atomic E-state index is 11.6. The fourth-order valence-electron chi connectivity index (χ4n) is 1.99. The molecule has 0 saturated carbocycles. The number of fused-ring (bicyclic) bond motifs is 3. The molecule has 0 aliphatic carbocycles. The van der Waals surface area contributed by atoms with E-state index in [1.165, 1.54) is 24.6 Å². The summed E-state index contributed by atoms with van der Waals surface area (Å²) in [7, 11) is 1.33. The first-order valence-corrected chi connectivity index (χ1v) is 6.37. The lowest BCUT2D eigenvalue weighted by Gasteiger charge is -2.00. The summed E-state index contributed by atoms with van der Waals surface area (Å²) in [6, 6.07) is 3.79. The summed E-state index contributed by atoms with van der Waals surface area (Å²) in [5.74, 6) is -0.411. The van der Waals surface area contributed by atoms with Crippen molar-refractivity contribution in [1.82, 2.24) is 9.78 Å². The molecule has 2 aromatic heterocycles. The van der Waals surface area contributed by atoms with Crippen LogP contribution in [-0.4, -0.2) is 29.5 Å². The second-order valence-electron chi connectivity index (χ2n) is 3.89. The minimum atomic E-state index is -0.411. The molecule has 1 aliphatic heterocycles. The van der Waals surface area contributed by atoms with Crippen LogP contribution in [0.25, 0.3) is 11.3 Å². The fourth-order valence-corrected chi connectivity index (χ4v) is 2.94. The number of rotatable bonds is 1. The van der Waals surface area contributed by atoms with E-state index >= 15 is 0 Å². The number of carbonyl (C=O) groups is 1. The molecule has 0 spiro atoms. The van der Waals surface area contributed by atoms with Gasteiger partial charge in [-0.25, -0.2) is 4.79 Å². The summed E-state index contributed by atoms with van der Waals surface area (Å²) in [4.78, 5) is 12.0. The SMILES string of the molecule is COC(=O)c1cc2c(s1)OCCn1ncc(C#N)c1-2. The molecule has 3 rings (SSSR count). The summed E-state index contributed by atoms with van der Waals surface area (Å²) in [5, 5.41) is 13.9. The standard InChI is InChI=1S/C12H9N3O3S/c1-17-11(16)9-4-8-10-7(5-13)6-14-15(10)2-3-18-12(8)19-9/h4,6H,2-3H2,1H3. The van der Waals surface area contributed by atoms with E-state index < -0.39 is 5.97 Å². The number of hydrogen-bond donors (Lipinski definition) is 0. The van der Waals surface area contributed by atoms with Crippen LogP contribution in [-0.2, 0) is 11.3 Å². The third-order valence-corrected chi connectivity index (χ3v) is 3.86. The summed E-state index contributed by atoms with van der Waals surface area (Å²) in [6.45, 7) is 1.03. The van der Waals surface area contributed by atoms with Crippen molar-refractivity contribution in [2.24, 2.45) is 0 Å². The molecule has 0 saturated heterocycles. The van der Waals surface area contributed by atoms with Gasteiger partial charge in [-0.2, -0.15) is 10.4 Å². The van der Waals surface area contributed by atoms with E-state index in [9.17, 15) is 4.79 Å². The summed E-state index contributed by atoms with van der Waals surface area (Å²) < 4.78 is 12.0. The fraction of sp³-hybridized carbons (Fsp3) is 0.250. The Morgan fingerprint density at radius 3 is 3.26 bits per heavy atom. The van der Waals surface area contributed by atoms with Crippen molar-refractivity contribution in [2.45, 2.75) is 6.54 Å². The monoisotopic (exact) mass is 275 g/mol. The van der Waals surface area contributed by atoms with Gasteiger partial charge in [0.15, 0.2) is 5.06 Å². The highest BCUT2D eigenvalue weighted by atomic mass is 32.1. The maximum Gasteiger partial charge on any atom is 0.348 e. The smallest absolute Gasteiger partial charge is 0.348 e. The molecule has 0 radical (unpaired) electrons. The van der Waals surface area contributed by atoms with Gasteiger partial charge < -0.3 is 9.47 Å². The normalized spacial score (nSPS) is 12.6. The average molecular weight is 275 g/mol. The Balaban J connectivity index is 2.20. The van der Waals surface area contributed by atoms with Crippen molar-refractivity contribution in [2.75, 3.05) is 13.7 Å². The third kappa shape index (κ3) is 1.77. The molecule has 0 amide bonds. The highest BCUT2D eigenvalue weighted by Gasteiger charge is 2.25. The van der Waals surface area contributed by atoms with Crippen LogP contribution in [0.1, 0.15) is 15.2 Å². The maximum absolute atomic E-state index is 11.6. The van der Waals surface area contributed by atoms with Gasteiger partial charge in [0, 0.05) is 0 Å². The first-order chi connectivity index (χ1) is 9.24. The Morgan fingerprint density at radius 1 is 1.68 bits per heavy atom. The van der Waals surface area contributed by atoms with Crippen molar-refractivity contribution in [3.8, 4) is 22.4 Å². The third-order valence-electron chi connectivity index (χ3n) is 2.84. The number of aromatic nitrogens is 2. The molecule has 6 nitrogen and oxygen atoms in total. The van der Waals surface area contributed by atoms with E-state index in [-0.39, 0.29) is 0 Å². The van der Waals surface area contributed by atoms with Crippen LogP contribution in [0, 0.1) is 11.3 Å². The first-order valence-electron chi connectivity index (χ1n) is 5.56. The minimum Gasteiger partial charge on any atom is -0.481 e. The van der Waals surface area contributed by atoms with E-state index in [0.717, 1.165) is 5.56 Å². The van der Waals surface area contributed by atoms with Gasteiger partial charge in [-0.05, 0) is 6.07 Å². The second kappa shape index (κ2) is 4.40. The Labute approximate surface area is 112 Å². The van der Waals surface area contributed by atoms with Gasteiger partial charge in [0.05, 0.1) is 36.7 Å². The number of nitrogens with zero attached hydrogens (tertiary/aromatic N) is 3. The Morgan fingerprint density at radius 2 is 2.53 bits per heavy atom. The summed E-state index contributed by atoms with van der Waals surface area (Å²) in [6.07, 6.45) is 1.53. The predicted octanol–water partition coefficient (Wildman–Crippen LogP) is 1.66. The summed E-state index contributed by atoms with van der Waals surface area (Å²) in [5.41, 5.74) is 1.89. The zero-order valence-electron chi connectivity index (χ0n) is 10.0. The van der Waals surface area contributed by atoms with Crippen LogP contribution in [0.3, 0.4) is 0 Å². The lowest BCUT2D eigenvalue weighted by Crippen LogP contribution is -2.07. The van der Waals surface area contributed by atoms with E-state index in [1.807, 2.05) is 0 Å². The van der Waals surface area contributed by atoms with Gasteiger partial charge in [-0.1, -0.05) is 11.3 Å². The Hall–Kier alpha value is -2.33. The molecule has 19 heavy (non-hydrogen) atoms. The first kappa shape index (κ1) is 11.7. The van der Waals surface area contributed by atoms with Crippen LogP contribution in [0.15, 0.2) is 12.3 Å². The number of thiophene rings is 1. The molecule has 0 aromatic carbocycles. The van der Waals surface area contributed by atoms with E-state index in [1.54, 1.807) is 10.7 Å². The van der Waals surface area contributed by atoms with Crippen molar-refractivity contribution in [3.05, 3.63) is 22.7 Å².